The van der Waals surface area contributed by atoms with Crippen molar-refractivity contribution >= 4 is 64.2 Å². The summed E-state index contributed by atoms with van der Waals surface area (Å²) in [6.07, 6.45) is -0.861. The summed E-state index contributed by atoms with van der Waals surface area (Å²) in [6.45, 7) is 0.960. The highest BCUT2D eigenvalue weighted by Crippen LogP contribution is 2.46. The molecule has 0 saturated carbocycles. The second kappa shape index (κ2) is 15.6. The number of ether oxygens (including phenoxy) is 1. The van der Waals surface area contributed by atoms with Gasteiger partial charge in [0, 0.05) is 27.9 Å². The van der Waals surface area contributed by atoms with Crippen molar-refractivity contribution in [3.63, 3.8) is 0 Å². The van der Waals surface area contributed by atoms with Crippen LogP contribution in [-0.2, 0) is 19.2 Å². The summed E-state index contributed by atoms with van der Waals surface area (Å²) in [6, 6.07) is 19.4. The molecule has 5 N–H and O–H groups in total. The molecule has 10 nitrogen and oxygen atoms in total. The topological polar surface area (TPSA) is 159 Å². The SMILES string of the molecule is CC(CC(=O)CNC(=O)COc1ccc([C@@H]2[C@@H](SCC(O)c3ccc(Cl)cc3)C(=O)N2c2ccc(Cl)cc2)cc1)[C@@H](N)C(=O)O. The molecule has 1 saturated heterocycles. The maximum absolute atomic E-state index is 13.3. The minimum Gasteiger partial charge on any atom is -0.484 e. The number of rotatable bonds is 15. The summed E-state index contributed by atoms with van der Waals surface area (Å²) >= 11 is 13.4. The number of nitrogens with zero attached hydrogens (tertiary/aromatic N) is 1. The van der Waals surface area contributed by atoms with E-state index in [0.717, 1.165) is 5.56 Å². The van der Waals surface area contributed by atoms with Crippen molar-refractivity contribution in [3.05, 3.63) is 94.0 Å². The molecule has 1 aliphatic heterocycles. The molecule has 2 amide bonds. The van der Waals surface area contributed by atoms with Gasteiger partial charge in [-0.15, -0.1) is 11.8 Å². The monoisotopic (exact) mass is 673 g/mol. The van der Waals surface area contributed by atoms with E-state index in [1.165, 1.54) is 11.8 Å². The first-order valence-electron chi connectivity index (χ1n) is 14.1. The number of ketones is 1. The zero-order valence-electron chi connectivity index (χ0n) is 24.3. The highest BCUT2D eigenvalue weighted by Gasteiger charge is 2.49. The minimum absolute atomic E-state index is 0.0772. The molecule has 3 aromatic carbocycles. The summed E-state index contributed by atoms with van der Waals surface area (Å²) in [5.74, 6) is -2.01. The van der Waals surface area contributed by atoms with Crippen molar-refractivity contribution < 1.29 is 34.1 Å². The quantitative estimate of drug-likeness (QED) is 0.171. The van der Waals surface area contributed by atoms with E-state index in [0.29, 0.717) is 32.8 Å². The van der Waals surface area contributed by atoms with Crippen LogP contribution < -0.4 is 20.7 Å². The van der Waals surface area contributed by atoms with E-state index in [2.05, 4.69) is 5.32 Å². The van der Waals surface area contributed by atoms with Gasteiger partial charge in [-0.05, 0) is 65.6 Å². The number of β-lactam (4-membered cyclic amide) rings is 1. The van der Waals surface area contributed by atoms with Gasteiger partial charge in [0.15, 0.2) is 12.4 Å². The first-order valence-corrected chi connectivity index (χ1v) is 15.9. The number of carboxylic acids is 1. The fourth-order valence-electron chi connectivity index (χ4n) is 4.77. The van der Waals surface area contributed by atoms with Gasteiger partial charge in [-0.1, -0.05) is 54.4 Å². The molecule has 45 heavy (non-hydrogen) atoms. The minimum atomic E-state index is -1.19. The van der Waals surface area contributed by atoms with Crippen molar-refractivity contribution in [1.82, 2.24) is 5.32 Å². The third-order valence-corrected chi connectivity index (χ3v) is 9.19. The number of aliphatic hydroxyl groups excluding tert-OH is 1. The molecule has 2 unspecified atom stereocenters. The van der Waals surface area contributed by atoms with Gasteiger partial charge in [-0.2, -0.15) is 0 Å². The van der Waals surface area contributed by atoms with Crippen molar-refractivity contribution in [3.8, 4) is 5.75 Å². The fraction of sp³-hybridized carbons (Fsp3) is 0.312. The first kappa shape index (κ1) is 34.3. The molecule has 3 aromatic rings. The Hall–Kier alpha value is -3.61. The number of anilines is 1. The van der Waals surface area contributed by atoms with Crippen molar-refractivity contribution in [2.45, 2.75) is 36.8 Å². The molecule has 1 heterocycles. The molecule has 0 spiro atoms. The lowest BCUT2D eigenvalue weighted by Gasteiger charge is -2.47. The molecule has 1 fully saturated rings. The second-order valence-corrected chi connectivity index (χ2v) is 12.7. The van der Waals surface area contributed by atoms with Gasteiger partial charge in [0.05, 0.1) is 18.7 Å². The standard InChI is InChI=1S/C32H33Cl2N3O7S/c1-18(28(35)32(42)43)14-24(38)15-36-27(40)16-44-25-12-4-20(5-13-25)29-30(31(41)37(29)23-10-8-22(34)9-11-23)45-17-26(39)19-2-6-21(33)7-3-19/h2-13,18,26,28-30,39H,14-17,35H2,1H3,(H,36,40)(H,42,43)/t18?,26?,28-,29-,30-/m1/s1. The Morgan fingerprint density at radius 1 is 1.00 bits per heavy atom. The summed E-state index contributed by atoms with van der Waals surface area (Å²) in [4.78, 5) is 50.3. The lowest BCUT2D eigenvalue weighted by molar-refractivity contribution is -0.140. The van der Waals surface area contributed by atoms with E-state index >= 15 is 0 Å². The number of nitrogens with two attached hydrogens (primary N) is 1. The lowest BCUT2D eigenvalue weighted by Crippen LogP contribution is -2.57. The van der Waals surface area contributed by atoms with E-state index in [1.807, 2.05) is 12.1 Å². The van der Waals surface area contributed by atoms with Gasteiger partial charge in [0.1, 0.15) is 17.0 Å². The zero-order chi connectivity index (χ0) is 32.7. The highest BCUT2D eigenvalue weighted by molar-refractivity contribution is 8.00. The highest BCUT2D eigenvalue weighted by atomic mass is 35.5. The average molecular weight is 675 g/mol. The van der Waals surface area contributed by atoms with Crippen LogP contribution in [0, 0.1) is 5.92 Å². The smallest absolute Gasteiger partial charge is 0.320 e. The Bertz CT molecular complexity index is 1510. The van der Waals surface area contributed by atoms with E-state index in [4.69, 9.17) is 38.8 Å². The maximum atomic E-state index is 13.3. The number of aliphatic carboxylic acids is 1. The first-order chi connectivity index (χ1) is 21.4. The van der Waals surface area contributed by atoms with Gasteiger partial charge >= 0.3 is 5.97 Å². The Balaban J connectivity index is 1.36. The largest absolute Gasteiger partial charge is 0.484 e. The molecule has 238 valence electrons. The number of carbonyl (C=O) groups excluding carboxylic acids is 3. The summed E-state index contributed by atoms with van der Waals surface area (Å²) in [7, 11) is 0. The number of hydrogen-bond donors (Lipinski definition) is 4. The molecule has 1 aliphatic rings. The summed E-state index contributed by atoms with van der Waals surface area (Å²) in [5.41, 5.74) is 7.76. The second-order valence-electron chi connectivity index (χ2n) is 10.7. The Labute approximate surface area is 274 Å². The van der Waals surface area contributed by atoms with E-state index < -0.39 is 35.2 Å². The Kier molecular flexibility index (Phi) is 11.9. The summed E-state index contributed by atoms with van der Waals surface area (Å²) < 4.78 is 5.58. The van der Waals surface area contributed by atoms with Crippen molar-refractivity contribution in [1.29, 1.82) is 0 Å². The number of carboxylic acid groups (broad SMARTS) is 1. The third-order valence-electron chi connectivity index (χ3n) is 7.36. The Morgan fingerprint density at radius 3 is 2.20 bits per heavy atom. The summed E-state index contributed by atoms with van der Waals surface area (Å²) in [5, 5.41) is 22.8. The van der Waals surface area contributed by atoms with Gasteiger partial charge < -0.3 is 30.9 Å². The molecule has 0 aromatic heterocycles. The van der Waals surface area contributed by atoms with Crippen molar-refractivity contribution in [2.75, 3.05) is 23.8 Å². The fourth-order valence-corrected chi connectivity index (χ4v) is 6.33. The number of hydrogen-bond acceptors (Lipinski definition) is 8. The van der Waals surface area contributed by atoms with Gasteiger partial charge in [-0.25, -0.2) is 0 Å². The molecule has 5 atom stereocenters. The number of thioether (sulfide) groups is 1. The van der Waals surface area contributed by atoms with Gasteiger partial charge in [-0.3, -0.25) is 19.2 Å². The third kappa shape index (κ3) is 8.99. The molecular formula is C32H33Cl2N3O7S. The van der Waals surface area contributed by atoms with Crippen LogP contribution in [0.4, 0.5) is 5.69 Å². The number of carbonyl (C=O) groups is 4. The van der Waals surface area contributed by atoms with Crippen LogP contribution in [0.3, 0.4) is 0 Å². The molecular weight excluding hydrogens is 641 g/mol. The molecule has 4 rings (SSSR count). The molecule has 0 radical (unpaired) electrons. The van der Waals surface area contributed by atoms with E-state index in [-0.39, 0.29) is 37.3 Å². The van der Waals surface area contributed by atoms with Crippen LogP contribution in [0.2, 0.25) is 10.0 Å². The number of nitrogens with one attached hydrogen (secondary N) is 1. The van der Waals surface area contributed by atoms with Crippen LogP contribution in [-0.4, -0.2) is 64.0 Å². The average Bonchev–Trinajstić information content (AvgIpc) is 3.02. The van der Waals surface area contributed by atoms with E-state index in [1.54, 1.807) is 72.5 Å². The zero-order valence-corrected chi connectivity index (χ0v) is 26.6. The van der Waals surface area contributed by atoms with Crippen LogP contribution >= 0.6 is 35.0 Å². The van der Waals surface area contributed by atoms with E-state index in [9.17, 15) is 24.3 Å². The predicted molar refractivity (Wildman–Crippen MR) is 174 cm³/mol. The van der Waals surface area contributed by atoms with Gasteiger partial charge in [0.2, 0.25) is 5.91 Å². The van der Waals surface area contributed by atoms with Crippen LogP contribution in [0.1, 0.15) is 36.6 Å². The van der Waals surface area contributed by atoms with Crippen LogP contribution in [0.25, 0.3) is 0 Å². The molecule has 13 heteroatoms. The lowest BCUT2D eigenvalue weighted by atomic mass is 9.92. The number of benzene rings is 3. The van der Waals surface area contributed by atoms with Crippen LogP contribution in [0.5, 0.6) is 5.75 Å². The van der Waals surface area contributed by atoms with Crippen LogP contribution in [0.15, 0.2) is 72.8 Å². The number of halogens is 2. The maximum Gasteiger partial charge on any atom is 0.320 e. The van der Waals surface area contributed by atoms with Gasteiger partial charge in [0.25, 0.3) is 5.91 Å². The number of aliphatic hydroxyl groups is 1. The molecule has 0 aliphatic carbocycles. The number of amides is 2. The predicted octanol–water partition coefficient (Wildman–Crippen LogP) is 4.42. The molecule has 0 bridgehead atoms. The normalized spacial score (nSPS) is 18.0. The Morgan fingerprint density at radius 2 is 1.60 bits per heavy atom. The van der Waals surface area contributed by atoms with Crippen molar-refractivity contribution in [2.24, 2.45) is 11.7 Å². The number of Topliss-reactive ketones (excluding diaryl/α,β-unsaturated/α-hetero) is 1.